The van der Waals surface area contributed by atoms with Gasteiger partial charge in [-0.15, -0.1) is 0 Å². The smallest absolute Gasteiger partial charge is 0.0681 e. The summed E-state index contributed by atoms with van der Waals surface area (Å²) in [6.07, 6.45) is 2.25. The molecule has 0 amide bonds. The first kappa shape index (κ1) is 20.6. The van der Waals surface area contributed by atoms with Crippen LogP contribution < -0.4 is 5.32 Å². The Morgan fingerprint density at radius 2 is 1.35 bits per heavy atom. The van der Waals surface area contributed by atoms with Gasteiger partial charge in [0.2, 0.25) is 0 Å². The Bertz CT molecular complexity index is 1170. The van der Waals surface area contributed by atoms with Gasteiger partial charge in [0.05, 0.1) is 6.61 Å². The molecular weight excluding hydrogens is 378 g/mol. The molecule has 0 atom stereocenters. The number of hydrogen-bond acceptors (Lipinski definition) is 2. The molecule has 4 aromatic rings. The van der Waals surface area contributed by atoms with Crippen molar-refractivity contribution < 1.29 is 5.11 Å². The van der Waals surface area contributed by atoms with E-state index in [1.807, 2.05) is 24.3 Å². The van der Waals surface area contributed by atoms with E-state index in [1.54, 1.807) is 0 Å². The van der Waals surface area contributed by atoms with Crippen molar-refractivity contribution >= 4 is 23.0 Å². The van der Waals surface area contributed by atoms with Crippen LogP contribution in [0.25, 0.3) is 11.6 Å². The van der Waals surface area contributed by atoms with Gasteiger partial charge >= 0.3 is 0 Å². The van der Waals surface area contributed by atoms with Crippen molar-refractivity contribution in [2.75, 3.05) is 5.32 Å². The predicted octanol–water partition coefficient (Wildman–Crippen LogP) is 7.13. The summed E-state index contributed by atoms with van der Waals surface area (Å²) >= 11 is 0. The van der Waals surface area contributed by atoms with E-state index in [4.69, 9.17) is 0 Å². The molecule has 0 heterocycles. The van der Waals surface area contributed by atoms with E-state index < -0.39 is 0 Å². The Kier molecular flexibility index (Phi) is 6.30. The van der Waals surface area contributed by atoms with Crippen LogP contribution in [0.1, 0.15) is 33.4 Å². The average Bonchev–Trinajstić information content (AvgIpc) is 2.81. The largest absolute Gasteiger partial charge is 0.392 e. The fraction of sp³-hybridized carbons (Fsp3) is 0.103. The summed E-state index contributed by atoms with van der Waals surface area (Å²) in [6, 6.07) is 33.5. The first-order valence-electron chi connectivity index (χ1n) is 10.5. The predicted molar refractivity (Wildman–Crippen MR) is 131 cm³/mol. The molecule has 154 valence electrons. The molecule has 0 aliphatic carbocycles. The number of benzene rings is 4. The summed E-state index contributed by atoms with van der Waals surface area (Å²) in [5.41, 5.74) is 10.3. The van der Waals surface area contributed by atoms with Crippen LogP contribution in [0.2, 0.25) is 0 Å². The van der Waals surface area contributed by atoms with Crippen LogP contribution in [0.4, 0.5) is 11.4 Å². The molecule has 31 heavy (non-hydrogen) atoms. The Hall–Kier alpha value is -3.62. The number of aryl methyl sites for hydroxylation is 2. The van der Waals surface area contributed by atoms with Crippen LogP contribution in [0.15, 0.2) is 97.1 Å². The number of nitrogens with one attached hydrogen (secondary N) is 1. The highest BCUT2D eigenvalue weighted by molar-refractivity contribution is 5.91. The summed E-state index contributed by atoms with van der Waals surface area (Å²) in [5.74, 6) is 0. The van der Waals surface area contributed by atoms with Crippen molar-refractivity contribution in [3.8, 4) is 0 Å². The first-order chi connectivity index (χ1) is 15.1. The Morgan fingerprint density at radius 1 is 0.710 bits per heavy atom. The van der Waals surface area contributed by atoms with Gasteiger partial charge in [-0.25, -0.2) is 0 Å². The number of aliphatic hydroxyl groups excluding tert-OH is 1. The van der Waals surface area contributed by atoms with Crippen LogP contribution in [-0.2, 0) is 6.61 Å². The molecule has 0 spiro atoms. The third-order valence-corrected chi connectivity index (χ3v) is 5.55. The van der Waals surface area contributed by atoms with Crippen molar-refractivity contribution in [2.45, 2.75) is 20.5 Å². The SMILES string of the molecule is Cc1ccc(/C(=C/c2ccc(Nc3ccc(CO)cc3)cc2)c2ccccc2)cc1C. The highest BCUT2D eigenvalue weighted by Gasteiger charge is 2.07. The second-order valence-corrected chi connectivity index (χ2v) is 7.83. The molecule has 0 saturated carbocycles. The van der Waals surface area contributed by atoms with E-state index >= 15 is 0 Å². The highest BCUT2D eigenvalue weighted by Crippen LogP contribution is 2.28. The van der Waals surface area contributed by atoms with Gasteiger partial charge in [-0.05, 0) is 83.1 Å². The fourth-order valence-electron chi connectivity index (χ4n) is 3.55. The lowest BCUT2D eigenvalue weighted by Crippen LogP contribution is -1.92. The Morgan fingerprint density at radius 3 is 1.97 bits per heavy atom. The minimum Gasteiger partial charge on any atom is -0.392 e. The molecule has 2 nitrogen and oxygen atoms in total. The van der Waals surface area contributed by atoms with Crippen LogP contribution in [-0.4, -0.2) is 5.11 Å². The van der Waals surface area contributed by atoms with Gasteiger partial charge in [0.25, 0.3) is 0 Å². The molecule has 0 fully saturated rings. The molecule has 0 radical (unpaired) electrons. The molecular formula is C29H27NO. The second-order valence-electron chi connectivity index (χ2n) is 7.83. The minimum absolute atomic E-state index is 0.0611. The lowest BCUT2D eigenvalue weighted by Gasteiger charge is -2.12. The van der Waals surface area contributed by atoms with Gasteiger partial charge in [-0.1, -0.05) is 72.8 Å². The molecule has 0 aliphatic rings. The van der Waals surface area contributed by atoms with E-state index in [1.165, 1.54) is 27.8 Å². The number of anilines is 2. The van der Waals surface area contributed by atoms with Crippen LogP contribution in [0.3, 0.4) is 0 Å². The maximum absolute atomic E-state index is 9.19. The number of rotatable bonds is 6. The maximum atomic E-state index is 9.19. The van der Waals surface area contributed by atoms with Gasteiger partial charge in [0, 0.05) is 11.4 Å². The summed E-state index contributed by atoms with van der Waals surface area (Å²) in [6.45, 7) is 4.37. The Balaban J connectivity index is 1.63. The average molecular weight is 406 g/mol. The molecule has 0 unspecified atom stereocenters. The summed E-state index contributed by atoms with van der Waals surface area (Å²) in [7, 11) is 0. The van der Waals surface area contributed by atoms with Crippen LogP contribution >= 0.6 is 0 Å². The molecule has 4 aromatic carbocycles. The topological polar surface area (TPSA) is 32.3 Å². The highest BCUT2D eigenvalue weighted by atomic mass is 16.3. The first-order valence-corrected chi connectivity index (χ1v) is 10.5. The van der Waals surface area contributed by atoms with Crippen LogP contribution in [0, 0.1) is 13.8 Å². The van der Waals surface area contributed by atoms with E-state index in [0.29, 0.717) is 0 Å². The van der Waals surface area contributed by atoms with Crippen LogP contribution in [0.5, 0.6) is 0 Å². The molecule has 0 saturated heterocycles. The zero-order valence-electron chi connectivity index (χ0n) is 18.0. The fourth-order valence-corrected chi connectivity index (χ4v) is 3.55. The monoisotopic (exact) mass is 405 g/mol. The van der Waals surface area contributed by atoms with E-state index in [9.17, 15) is 5.11 Å². The van der Waals surface area contributed by atoms with Crippen molar-refractivity contribution in [3.63, 3.8) is 0 Å². The molecule has 2 heteroatoms. The van der Waals surface area contributed by atoms with Crippen molar-refractivity contribution in [2.24, 2.45) is 0 Å². The minimum atomic E-state index is 0.0611. The lowest BCUT2D eigenvalue weighted by molar-refractivity contribution is 0.282. The van der Waals surface area contributed by atoms with Gasteiger partial charge in [-0.3, -0.25) is 0 Å². The Labute approximate surface area is 184 Å². The van der Waals surface area contributed by atoms with Gasteiger partial charge in [-0.2, -0.15) is 0 Å². The molecule has 0 aliphatic heterocycles. The van der Waals surface area contributed by atoms with E-state index in [2.05, 4.69) is 98.0 Å². The van der Waals surface area contributed by atoms with Gasteiger partial charge in [0.15, 0.2) is 0 Å². The molecule has 0 bridgehead atoms. The third kappa shape index (κ3) is 5.11. The van der Waals surface area contributed by atoms with Gasteiger partial charge < -0.3 is 10.4 Å². The molecule has 4 rings (SSSR count). The normalized spacial score (nSPS) is 11.4. The summed E-state index contributed by atoms with van der Waals surface area (Å²) in [5, 5.41) is 12.6. The van der Waals surface area contributed by atoms with Crippen molar-refractivity contribution in [1.82, 2.24) is 0 Å². The quantitative estimate of drug-likeness (QED) is 0.334. The molecule has 0 aromatic heterocycles. The standard InChI is InChI=1S/C29H27NO/c1-21-8-13-26(18-22(21)2)29(25-6-4-3-5-7-25)19-23-9-14-27(15-10-23)30-28-16-11-24(20-31)12-17-28/h3-19,30-31H,20H2,1-2H3/b29-19+. The number of aliphatic hydroxyl groups is 1. The van der Waals surface area contributed by atoms with Gasteiger partial charge in [0.1, 0.15) is 0 Å². The molecule has 2 N–H and O–H groups in total. The maximum Gasteiger partial charge on any atom is 0.0681 e. The van der Waals surface area contributed by atoms with Crippen molar-refractivity contribution in [3.05, 3.63) is 130 Å². The summed E-state index contributed by atoms with van der Waals surface area (Å²) in [4.78, 5) is 0. The third-order valence-electron chi connectivity index (χ3n) is 5.55. The number of hydrogen-bond donors (Lipinski definition) is 2. The summed E-state index contributed by atoms with van der Waals surface area (Å²) < 4.78 is 0. The van der Waals surface area contributed by atoms with Crippen molar-refractivity contribution in [1.29, 1.82) is 0 Å². The van der Waals surface area contributed by atoms with E-state index in [0.717, 1.165) is 22.5 Å². The zero-order chi connectivity index (χ0) is 21.6. The zero-order valence-corrected chi connectivity index (χ0v) is 18.0. The second kappa shape index (κ2) is 9.46. The lowest BCUT2D eigenvalue weighted by atomic mass is 9.93. The van der Waals surface area contributed by atoms with E-state index in [-0.39, 0.29) is 6.61 Å².